The Morgan fingerprint density at radius 1 is 1.35 bits per heavy atom. The van der Waals surface area contributed by atoms with Crippen LogP contribution in [-0.2, 0) is 4.79 Å². The van der Waals surface area contributed by atoms with Gasteiger partial charge < -0.3 is 5.73 Å². The van der Waals surface area contributed by atoms with E-state index in [0.29, 0.717) is 0 Å². The summed E-state index contributed by atoms with van der Waals surface area (Å²) in [7, 11) is 0. The van der Waals surface area contributed by atoms with Crippen LogP contribution in [0, 0.1) is 5.92 Å². The molecule has 1 unspecified atom stereocenters. The molecule has 3 amide bonds. The number of rotatable bonds is 4. The van der Waals surface area contributed by atoms with Crippen molar-refractivity contribution in [3.05, 3.63) is 24.3 Å². The highest BCUT2D eigenvalue weighted by molar-refractivity contribution is 8.02. The molecule has 106 valence electrons. The summed E-state index contributed by atoms with van der Waals surface area (Å²) in [5.41, 5.74) is 5.91. The molecule has 20 heavy (non-hydrogen) atoms. The molecule has 0 aliphatic heterocycles. The van der Waals surface area contributed by atoms with E-state index in [0.717, 1.165) is 14.6 Å². The van der Waals surface area contributed by atoms with Crippen molar-refractivity contribution < 1.29 is 9.59 Å². The average Bonchev–Trinajstić information content (AvgIpc) is 2.76. The summed E-state index contributed by atoms with van der Waals surface area (Å²) in [5, 5.41) is 1.73. The summed E-state index contributed by atoms with van der Waals surface area (Å²) in [6.45, 7) is 3.84. The van der Waals surface area contributed by atoms with Crippen molar-refractivity contribution in [2.24, 2.45) is 11.7 Å². The molecule has 2 rings (SSSR count). The van der Waals surface area contributed by atoms with Crippen LogP contribution in [0.25, 0.3) is 10.2 Å². The van der Waals surface area contributed by atoms with Gasteiger partial charge in [0.2, 0.25) is 5.91 Å². The Labute approximate surface area is 124 Å². The number of hydrogen-bond donors (Lipinski definition) is 2. The number of thiazole rings is 1. The van der Waals surface area contributed by atoms with Crippen LogP contribution in [0.15, 0.2) is 28.6 Å². The van der Waals surface area contributed by atoms with Gasteiger partial charge in [-0.15, -0.1) is 11.3 Å². The van der Waals surface area contributed by atoms with Crippen molar-refractivity contribution in [2.45, 2.75) is 23.4 Å². The minimum atomic E-state index is -0.828. The number of primary amides is 1. The first kappa shape index (κ1) is 14.8. The van der Waals surface area contributed by atoms with E-state index >= 15 is 0 Å². The van der Waals surface area contributed by atoms with E-state index in [1.54, 1.807) is 0 Å². The van der Waals surface area contributed by atoms with Crippen LogP contribution in [0.4, 0.5) is 4.79 Å². The van der Waals surface area contributed by atoms with Gasteiger partial charge in [0.25, 0.3) is 0 Å². The van der Waals surface area contributed by atoms with Gasteiger partial charge >= 0.3 is 6.03 Å². The van der Waals surface area contributed by atoms with Gasteiger partial charge in [0.05, 0.1) is 15.5 Å². The summed E-state index contributed by atoms with van der Waals surface area (Å²) in [6.07, 6.45) is 0. The molecule has 1 aromatic heterocycles. The number of thioether (sulfide) groups is 1. The van der Waals surface area contributed by atoms with Gasteiger partial charge in [0.1, 0.15) is 0 Å². The van der Waals surface area contributed by atoms with Gasteiger partial charge in [-0.2, -0.15) is 0 Å². The maximum Gasteiger partial charge on any atom is 0.318 e. The van der Waals surface area contributed by atoms with Crippen molar-refractivity contribution in [1.29, 1.82) is 0 Å². The number of benzene rings is 1. The van der Waals surface area contributed by atoms with Crippen LogP contribution in [0.1, 0.15) is 13.8 Å². The highest BCUT2D eigenvalue weighted by atomic mass is 32.2. The number of aromatic nitrogens is 1. The van der Waals surface area contributed by atoms with E-state index in [9.17, 15) is 9.59 Å². The first-order valence-corrected chi connectivity index (χ1v) is 7.79. The SMILES string of the molecule is CC(C)C(Sc1nc2ccccc2s1)C(=O)NC(N)=O. The van der Waals surface area contributed by atoms with E-state index < -0.39 is 11.3 Å². The Hall–Kier alpha value is -1.60. The molecule has 0 saturated carbocycles. The summed E-state index contributed by atoms with van der Waals surface area (Å²) in [5.74, 6) is -0.317. The Bertz CT molecular complexity index is 606. The van der Waals surface area contributed by atoms with Gasteiger partial charge in [0.15, 0.2) is 4.34 Å². The predicted molar refractivity (Wildman–Crippen MR) is 81.8 cm³/mol. The molecule has 0 aliphatic rings. The fourth-order valence-electron chi connectivity index (χ4n) is 1.70. The number of fused-ring (bicyclic) bond motifs is 1. The van der Waals surface area contributed by atoms with Gasteiger partial charge in [0, 0.05) is 0 Å². The molecule has 1 heterocycles. The van der Waals surface area contributed by atoms with Crippen molar-refractivity contribution >= 4 is 45.3 Å². The summed E-state index contributed by atoms with van der Waals surface area (Å²) in [4.78, 5) is 27.2. The number of para-hydroxylation sites is 1. The molecule has 0 saturated heterocycles. The second-order valence-corrected chi connectivity index (χ2v) is 7.00. The highest BCUT2D eigenvalue weighted by Gasteiger charge is 2.25. The predicted octanol–water partition coefficient (Wildman–Crippen LogP) is 2.61. The summed E-state index contributed by atoms with van der Waals surface area (Å²) >= 11 is 2.90. The zero-order chi connectivity index (χ0) is 14.7. The molecule has 0 radical (unpaired) electrons. The zero-order valence-corrected chi connectivity index (χ0v) is 12.8. The van der Waals surface area contributed by atoms with Crippen molar-refractivity contribution in [3.8, 4) is 0 Å². The molecule has 3 N–H and O–H groups in total. The fraction of sp³-hybridized carbons (Fsp3) is 0.308. The lowest BCUT2D eigenvalue weighted by Crippen LogP contribution is -2.42. The van der Waals surface area contributed by atoms with Gasteiger partial charge in [-0.25, -0.2) is 9.78 Å². The smallest absolute Gasteiger partial charge is 0.318 e. The van der Waals surface area contributed by atoms with E-state index in [2.05, 4.69) is 10.3 Å². The number of imide groups is 1. The van der Waals surface area contributed by atoms with Crippen molar-refractivity contribution in [1.82, 2.24) is 10.3 Å². The van der Waals surface area contributed by atoms with Crippen molar-refractivity contribution in [3.63, 3.8) is 0 Å². The standard InChI is InChI=1S/C13H15N3O2S2/c1-7(2)10(11(17)16-12(14)18)20-13-15-8-5-3-4-6-9(8)19-13/h3-7,10H,1-2H3,(H3,14,16,17,18). The lowest BCUT2D eigenvalue weighted by molar-refractivity contribution is -0.120. The maximum atomic E-state index is 12.0. The Morgan fingerprint density at radius 2 is 2.05 bits per heavy atom. The molecule has 1 atom stereocenters. The van der Waals surface area contributed by atoms with Gasteiger partial charge in [-0.1, -0.05) is 37.7 Å². The van der Waals surface area contributed by atoms with Gasteiger partial charge in [-0.3, -0.25) is 10.1 Å². The third kappa shape index (κ3) is 3.49. The third-order valence-corrected chi connectivity index (χ3v) is 5.29. The highest BCUT2D eigenvalue weighted by Crippen LogP contribution is 2.34. The lowest BCUT2D eigenvalue weighted by Gasteiger charge is -2.17. The first-order chi connectivity index (χ1) is 9.47. The molecular weight excluding hydrogens is 294 g/mol. The fourth-order valence-corrected chi connectivity index (χ4v) is 3.97. The van der Waals surface area contributed by atoms with Crippen LogP contribution >= 0.6 is 23.1 Å². The molecule has 5 nitrogen and oxygen atoms in total. The Morgan fingerprint density at radius 3 is 2.65 bits per heavy atom. The molecular formula is C13H15N3O2S2. The number of carbonyl (C=O) groups is 2. The van der Waals surface area contributed by atoms with E-state index in [1.807, 2.05) is 38.1 Å². The van der Waals surface area contributed by atoms with Crippen LogP contribution in [0.3, 0.4) is 0 Å². The largest absolute Gasteiger partial charge is 0.351 e. The third-order valence-electron chi connectivity index (χ3n) is 2.61. The number of nitrogens with one attached hydrogen (secondary N) is 1. The first-order valence-electron chi connectivity index (χ1n) is 6.10. The minimum Gasteiger partial charge on any atom is -0.351 e. The monoisotopic (exact) mass is 309 g/mol. The average molecular weight is 309 g/mol. The molecule has 0 aliphatic carbocycles. The quantitative estimate of drug-likeness (QED) is 0.850. The van der Waals surface area contributed by atoms with Crippen LogP contribution in [0.2, 0.25) is 0 Å². The topological polar surface area (TPSA) is 85.1 Å². The number of urea groups is 1. The van der Waals surface area contributed by atoms with E-state index in [1.165, 1.54) is 23.1 Å². The van der Waals surface area contributed by atoms with Crippen LogP contribution in [-0.4, -0.2) is 22.2 Å². The molecule has 0 bridgehead atoms. The maximum absolute atomic E-state index is 12.0. The molecule has 1 aromatic carbocycles. The molecule has 0 fully saturated rings. The summed E-state index contributed by atoms with van der Waals surface area (Å²) in [6, 6.07) is 6.98. The number of nitrogens with zero attached hydrogens (tertiary/aromatic N) is 1. The molecule has 7 heteroatoms. The number of hydrogen-bond acceptors (Lipinski definition) is 5. The minimum absolute atomic E-state index is 0.0614. The van der Waals surface area contributed by atoms with Crippen LogP contribution < -0.4 is 11.1 Å². The van der Waals surface area contributed by atoms with Crippen molar-refractivity contribution in [2.75, 3.05) is 0 Å². The normalized spacial score (nSPS) is 12.6. The zero-order valence-electron chi connectivity index (χ0n) is 11.1. The van der Waals surface area contributed by atoms with Crippen LogP contribution in [0.5, 0.6) is 0 Å². The number of nitrogens with two attached hydrogens (primary N) is 1. The second kappa shape index (κ2) is 6.23. The Kier molecular flexibility index (Phi) is 4.61. The summed E-state index contributed by atoms with van der Waals surface area (Å²) < 4.78 is 1.89. The second-order valence-electron chi connectivity index (χ2n) is 4.58. The van der Waals surface area contributed by atoms with E-state index in [-0.39, 0.29) is 11.8 Å². The van der Waals surface area contributed by atoms with E-state index in [4.69, 9.17) is 5.73 Å². The lowest BCUT2D eigenvalue weighted by atomic mass is 10.1. The molecule has 0 spiro atoms. The van der Waals surface area contributed by atoms with Gasteiger partial charge in [-0.05, 0) is 18.1 Å². The number of carbonyl (C=O) groups excluding carboxylic acids is 2. The number of amides is 3. The Balaban J connectivity index is 2.19. The molecule has 2 aromatic rings.